The molecule has 0 spiro atoms. The summed E-state index contributed by atoms with van der Waals surface area (Å²) in [6, 6.07) is 0. The monoisotopic (exact) mass is 206 g/mol. The molecule has 1 aliphatic rings. The zero-order chi connectivity index (χ0) is 11.0. The number of hydrogen-bond acceptors (Lipinski definition) is 3. The largest absolute Gasteiger partial charge is 0.274 e. The van der Waals surface area contributed by atoms with E-state index in [-0.39, 0.29) is 11.8 Å². The van der Waals surface area contributed by atoms with Crippen LogP contribution in [0.25, 0.3) is 0 Å². The lowest BCUT2D eigenvalue weighted by molar-refractivity contribution is -0.122. The summed E-state index contributed by atoms with van der Waals surface area (Å²) in [5.74, 6) is 0.0382. The highest BCUT2D eigenvalue weighted by atomic mass is 16.2. The Bertz CT molecular complexity index is 421. The number of hydrazone groups is 1. The highest BCUT2D eigenvalue weighted by molar-refractivity contribution is 6.02. The Morgan fingerprint density at radius 3 is 2.87 bits per heavy atom. The third kappa shape index (κ3) is 1.77. The zero-order valence-corrected chi connectivity index (χ0v) is 9.14. The summed E-state index contributed by atoms with van der Waals surface area (Å²) in [4.78, 5) is 11.9. The first kappa shape index (κ1) is 9.89. The van der Waals surface area contributed by atoms with Crippen LogP contribution in [0.4, 0.5) is 5.69 Å². The quantitative estimate of drug-likeness (QED) is 0.692. The average Bonchev–Trinajstić information content (AvgIpc) is 2.58. The van der Waals surface area contributed by atoms with Crippen LogP contribution in [0.1, 0.15) is 20.3 Å². The molecule has 15 heavy (non-hydrogen) atoms. The molecule has 2 rings (SSSR count). The van der Waals surface area contributed by atoms with Crippen LogP contribution < -0.4 is 5.01 Å². The fraction of sp³-hybridized carbons (Fsp3) is 0.500. The van der Waals surface area contributed by atoms with Crippen LogP contribution in [0.5, 0.6) is 0 Å². The van der Waals surface area contributed by atoms with E-state index < -0.39 is 0 Å². The van der Waals surface area contributed by atoms with Gasteiger partial charge >= 0.3 is 0 Å². The molecule has 0 aromatic carbocycles. The minimum absolute atomic E-state index is 0.00251. The van der Waals surface area contributed by atoms with E-state index in [4.69, 9.17) is 0 Å². The van der Waals surface area contributed by atoms with E-state index >= 15 is 0 Å². The second-order valence-corrected chi connectivity index (χ2v) is 3.96. The van der Waals surface area contributed by atoms with Crippen LogP contribution >= 0.6 is 0 Å². The van der Waals surface area contributed by atoms with Crippen LogP contribution in [0.3, 0.4) is 0 Å². The maximum Gasteiger partial charge on any atom is 0.250 e. The van der Waals surface area contributed by atoms with Crippen molar-refractivity contribution in [3.05, 3.63) is 12.4 Å². The van der Waals surface area contributed by atoms with Crippen molar-refractivity contribution in [2.45, 2.75) is 20.3 Å². The summed E-state index contributed by atoms with van der Waals surface area (Å²) in [6.45, 7) is 3.86. The number of aryl methyl sites for hydroxylation is 1. The summed E-state index contributed by atoms with van der Waals surface area (Å²) in [6.07, 6.45) is 4.18. The van der Waals surface area contributed by atoms with Gasteiger partial charge in [0, 0.05) is 18.7 Å². The average molecular weight is 206 g/mol. The number of hydrogen-bond donors (Lipinski definition) is 0. The van der Waals surface area contributed by atoms with Gasteiger partial charge in [-0.25, -0.2) is 0 Å². The first-order chi connectivity index (χ1) is 7.08. The van der Waals surface area contributed by atoms with Crippen molar-refractivity contribution in [1.82, 2.24) is 9.78 Å². The Balaban J connectivity index is 2.35. The third-order valence-electron chi connectivity index (χ3n) is 2.44. The first-order valence-corrected chi connectivity index (χ1v) is 4.94. The fourth-order valence-corrected chi connectivity index (χ4v) is 1.70. The molecule has 5 nitrogen and oxygen atoms in total. The van der Waals surface area contributed by atoms with Gasteiger partial charge in [0.25, 0.3) is 5.91 Å². The second kappa shape index (κ2) is 3.49. The van der Waals surface area contributed by atoms with Gasteiger partial charge in [-0.05, 0) is 13.3 Å². The number of aromatic nitrogens is 2. The molecular formula is C10H14N4O. The number of nitrogens with zero attached hydrogens (tertiary/aromatic N) is 4. The van der Waals surface area contributed by atoms with E-state index in [1.165, 1.54) is 5.01 Å². The predicted octanol–water partition coefficient (Wildman–Crippen LogP) is 1.17. The standard InChI is InChI=1S/C10H14N4O/c1-7-4-8(2)12-14(10(7)15)9-5-11-13(3)6-9/h5-7H,4H2,1-3H3. The summed E-state index contributed by atoms with van der Waals surface area (Å²) < 4.78 is 1.66. The molecule has 1 aromatic heterocycles. The van der Waals surface area contributed by atoms with Crippen molar-refractivity contribution in [3.63, 3.8) is 0 Å². The second-order valence-electron chi connectivity index (χ2n) is 3.96. The third-order valence-corrected chi connectivity index (χ3v) is 2.44. The Kier molecular flexibility index (Phi) is 2.30. The molecule has 80 valence electrons. The molecule has 1 amide bonds. The van der Waals surface area contributed by atoms with Gasteiger partial charge in [-0.2, -0.15) is 15.2 Å². The molecule has 5 heteroatoms. The Labute approximate surface area is 88.4 Å². The molecule has 0 saturated carbocycles. The van der Waals surface area contributed by atoms with Crippen molar-refractivity contribution in [2.24, 2.45) is 18.1 Å². The van der Waals surface area contributed by atoms with Crippen LogP contribution in [-0.4, -0.2) is 21.4 Å². The van der Waals surface area contributed by atoms with Crippen LogP contribution in [-0.2, 0) is 11.8 Å². The SMILES string of the molecule is CC1=NN(c2cnn(C)c2)C(=O)C(C)C1. The molecule has 0 radical (unpaired) electrons. The lowest BCUT2D eigenvalue weighted by Gasteiger charge is -2.25. The minimum atomic E-state index is 0.00251. The highest BCUT2D eigenvalue weighted by Gasteiger charge is 2.27. The van der Waals surface area contributed by atoms with Crippen LogP contribution in [0.2, 0.25) is 0 Å². The molecule has 0 aliphatic carbocycles. The molecule has 0 saturated heterocycles. The van der Waals surface area contributed by atoms with Crippen LogP contribution in [0.15, 0.2) is 17.5 Å². The van der Waals surface area contributed by atoms with Gasteiger partial charge in [-0.15, -0.1) is 0 Å². The molecule has 1 unspecified atom stereocenters. The summed E-state index contributed by atoms with van der Waals surface area (Å²) in [5, 5.41) is 9.72. The normalized spacial score (nSPS) is 21.8. The van der Waals surface area contributed by atoms with E-state index in [1.54, 1.807) is 17.1 Å². The minimum Gasteiger partial charge on any atom is -0.274 e. The molecular weight excluding hydrogens is 192 g/mol. The molecule has 1 aliphatic heterocycles. The highest BCUT2D eigenvalue weighted by Crippen LogP contribution is 2.22. The maximum atomic E-state index is 11.9. The van der Waals surface area contributed by atoms with Crippen molar-refractivity contribution in [1.29, 1.82) is 0 Å². The topological polar surface area (TPSA) is 50.5 Å². The Morgan fingerprint density at radius 1 is 1.53 bits per heavy atom. The van der Waals surface area contributed by atoms with Gasteiger partial charge in [0.2, 0.25) is 0 Å². The Hall–Kier alpha value is -1.65. The van der Waals surface area contributed by atoms with E-state index in [0.29, 0.717) is 0 Å². The Morgan fingerprint density at radius 2 is 2.27 bits per heavy atom. The molecule has 0 N–H and O–H groups in total. The predicted molar refractivity (Wildman–Crippen MR) is 57.6 cm³/mol. The summed E-state index contributed by atoms with van der Waals surface area (Å²) >= 11 is 0. The fourth-order valence-electron chi connectivity index (χ4n) is 1.70. The van der Waals surface area contributed by atoms with Gasteiger partial charge in [0.1, 0.15) is 5.69 Å². The van der Waals surface area contributed by atoms with Crippen molar-refractivity contribution >= 4 is 17.3 Å². The number of anilines is 1. The van der Waals surface area contributed by atoms with E-state index in [9.17, 15) is 4.79 Å². The molecule has 1 atom stereocenters. The van der Waals surface area contributed by atoms with Gasteiger partial charge < -0.3 is 0 Å². The number of amides is 1. The lowest BCUT2D eigenvalue weighted by Crippen LogP contribution is -2.36. The van der Waals surface area contributed by atoms with Gasteiger partial charge in [0.15, 0.2) is 0 Å². The number of carbonyl (C=O) groups is 1. The zero-order valence-electron chi connectivity index (χ0n) is 9.14. The molecule has 0 fully saturated rings. The molecule has 1 aromatic rings. The van der Waals surface area contributed by atoms with Gasteiger partial charge in [0.05, 0.1) is 12.4 Å². The summed E-state index contributed by atoms with van der Waals surface area (Å²) in [5.41, 5.74) is 1.71. The number of rotatable bonds is 1. The van der Waals surface area contributed by atoms with Crippen LogP contribution in [0, 0.1) is 5.92 Å². The van der Waals surface area contributed by atoms with Crippen molar-refractivity contribution in [2.75, 3.05) is 5.01 Å². The van der Waals surface area contributed by atoms with Gasteiger partial charge in [-0.1, -0.05) is 6.92 Å². The first-order valence-electron chi connectivity index (χ1n) is 4.94. The number of carbonyl (C=O) groups excluding carboxylic acids is 1. The smallest absolute Gasteiger partial charge is 0.250 e. The van der Waals surface area contributed by atoms with Crippen molar-refractivity contribution < 1.29 is 4.79 Å². The maximum absolute atomic E-state index is 11.9. The van der Waals surface area contributed by atoms with E-state index in [0.717, 1.165) is 17.8 Å². The van der Waals surface area contributed by atoms with E-state index in [1.807, 2.05) is 20.9 Å². The lowest BCUT2D eigenvalue weighted by atomic mass is 10.0. The van der Waals surface area contributed by atoms with Crippen molar-refractivity contribution in [3.8, 4) is 0 Å². The molecule has 2 heterocycles. The summed E-state index contributed by atoms with van der Waals surface area (Å²) in [7, 11) is 1.82. The molecule has 0 bridgehead atoms. The van der Waals surface area contributed by atoms with Gasteiger partial charge in [-0.3, -0.25) is 9.48 Å². The van der Waals surface area contributed by atoms with E-state index in [2.05, 4.69) is 10.2 Å².